The minimum atomic E-state index is -0.485. The van der Waals surface area contributed by atoms with Gasteiger partial charge in [0.25, 0.3) is 0 Å². The van der Waals surface area contributed by atoms with Crippen LogP contribution in [0, 0.1) is 0 Å². The zero-order chi connectivity index (χ0) is 19.9. The van der Waals surface area contributed by atoms with Crippen molar-refractivity contribution < 1.29 is 14.6 Å². The number of aromatic nitrogens is 1. The van der Waals surface area contributed by atoms with Crippen LogP contribution >= 0.6 is 0 Å². The third-order valence-electron chi connectivity index (χ3n) is 4.26. The summed E-state index contributed by atoms with van der Waals surface area (Å²) in [5, 5.41) is 12.6. The van der Waals surface area contributed by atoms with Gasteiger partial charge in [0.2, 0.25) is 5.91 Å². The SMILES string of the molecule is CC(=O)Nc1cccc(-c2ccc(OC(CC(C)O)c3cccnc3)cc2)c1. The lowest BCUT2D eigenvalue weighted by atomic mass is 10.0. The Balaban J connectivity index is 1.77. The van der Waals surface area contributed by atoms with Crippen LogP contribution in [0.4, 0.5) is 5.69 Å². The first-order chi connectivity index (χ1) is 13.5. The average molecular weight is 376 g/mol. The molecule has 1 amide bonds. The van der Waals surface area contributed by atoms with E-state index in [1.807, 2.05) is 60.7 Å². The molecule has 2 unspecified atom stereocenters. The number of rotatable bonds is 7. The topological polar surface area (TPSA) is 71.5 Å². The van der Waals surface area contributed by atoms with Crippen molar-refractivity contribution in [2.24, 2.45) is 0 Å². The van der Waals surface area contributed by atoms with Gasteiger partial charge >= 0.3 is 0 Å². The van der Waals surface area contributed by atoms with Crippen LogP contribution in [0.2, 0.25) is 0 Å². The Labute approximate surface area is 165 Å². The van der Waals surface area contributed by atoms with E-state index in [1.54, 1.807) is 19.3 Å². The van der Waals surface area contributed by atoms with E-state index in [-0.39, 0.29) is 12.0 Å². The maximum Gasteiger partial charge on any atom is 0.221 e. The molecule has 0 fully saturated rings. The maximum atomic E-state index is 11.3. The number of nitrogens with zero attached hydrogens (tertiary/aromatic N) is 1. The molecule has 0 aliphatic carbocycles. The molecule has 1 aromatic heterocycles. The normalized spacial score (nSPS) is 12.8. The van der Waals surface area contributed by atoms with Crippen molar-refractivity contribution in [2.75, 3.05) is 5.32 Å². The largest absolute Gasteiger partial charge is 0.486 e. The number of amides is 1. The van der Waals surface area contributed by atoms with Gasteiger partial charge in [0.05, 0.1) is 6.10 Å². The van der Waals surface area contributed by atoms with Gasteiger partial charge < -0.3 is 15.2 Å². The Kier molecular flexibility index (Phi) is 6.40. The molecule has 0 spiro atoms. The standard InChI is InChI=1S/C23H24N2O3/c1-16(26)13-23(20-6-4-12-24-15-20)28-22-10-8-18(9-11-22)19-5-3-7-21(14-19)25-17(2)27/h3-12,14-16,23,26H,13H2,1-2H3,(H,25,27). The first kappa shape index (κ1) is 19.6. The summed E-state index contributed by atoms with van der Waals surface area (Å²) in [4.78, 5) is 15.4. The highest BCUT2D eigenvalue weighted by Crippen LogP contribution is 2.29. The number of hydrogen-bond donors (Lipinski definition) is 2. The molecule has 2 N–H and O–H groups in total. The average Bonchev–Trinajstić information content (AvgIpc) is 2.68. The molecular weight excluding hydrogens is 352 g/mol. The van der Waals surface area contributed by atoms with Gasteiger partial charge in [-0.15, -0.1) is 0 Å². The summed E-state index contributed by atoms with van der Waals surface area (Å²) in [5.74, 6) is 0.622. The van der Waals surface area contributed by atoms with Gasteiger partial charge in [-0.05, 0) is 48.4 Å². The minimum Gasteiger partial charge on any atom is -0.486 e. The zero-order valence-electron chi connectivity index (χ0n) is 16.0. The predicted molar refractivity (Wildman–Crippen MR) is 110 cm³/mol. The van der Waals surface area contributed by atoms with Crippen LogP contribution in [0.15, 0.2) is 73.1 Å². The first-order valence-corrected chi connectivity index (χ1v) is 9.24. The monoisotopic (exact) mass is 376 g/mol. The smallest absolute Gasteiger partial charge is 0.221 e. The zero-order valence-corrected chi connectivity index (χ0v) is 16.0. The number of nitrogens with one attached hydrogen (secondary N) is 1. The Morgan fingerprint density at radius 2 is 1.89 bits per heavy atom. The maximum absolute atomic E-state index is 11.3. The van der Waals surface area contributed by atoms with Crippen LogP contribution in [-0.2, 0) is 4.79 Å². The molecule has 0 aliphatic heterocycles. The van der Waals surface area contributed by atoms with E-state index in [0.717, 1.165) is 28.1 Å². The Bertz CT molecular complexity index is 909. The van der Waals surface area contributed by atoms with Crippen LogP contribution in [-0.4, -0.2) is 22.1 Å². The van der Waals surface area contributed by atoms with Crippen molar-refractivity contribution in [3.63, 3.8) is 0 Å². The van der Waals surface area contributed by atoms with E-state index in [9.17, 15) is 9.90 Å². The lowest BCUT2D eigenvalue weighted by Crippen LogP contribution is -2.14. The molecule has 0 radical (unpaired) electrons. The highest BCUT2D eigenvalue weighted by Gasteiger charge is 2.16. The molecule has 1 heterocycles. The number of anilines is 1. The van der Waals surface area contributed by atoms with Gasteiger partial charge in [0.15, 0.2) is 0 Å². The third kappa shape index (κ3) is 5.41. The fraction of sp³-hybridized carbons (Fsp3) is 0.217. The molecule has 144 valence electrons. The molecule has 5 nitrogen and oxygen atoms in total. The minimum absolute atomic E-state index is 0.0968. The lowest BCUT2D eigenvalue weighted by molar-refractivity contribution is -0.114. The second-order valence-electron chi connectivity index (χ2n) is 6.76. The number of carbonyl (C=O) groups is 1. The quantitative estimate of drug-likeness (QED) is 0.632. The molecule has 0 bridgehead atoms. The molecule has 2 aromatic carbocycles. The Hall–Kier alpha value is -3.18. The fourth-order valence-corrected chi connectivity index (χ4v) is 3.00. The number of aliphatic hydroxyl groups is 1. The molecule has 0 saturated heterocycles. The van der Waals surface area contributed by atoms with E-state index < -0.39 is 6.10 Å². The van der Waals surface area contributed by atoms with E-state index in [0.29, 0.717) is 6.42 Å². The summed E-state index contributed by atoms with van der Waals surface area (Å²) in [5.41, 5.74) is 3.72. The number of benzene rings is 2. The van der Waals surface area contributed by atoms with Gasteiger partial charge in [0.1, 0.15) is 11.9 Å². The van der Waals surface area contributed by atoms with Crippen LogP contribution < -0.4 is 10.1 Å². The number of ether oxygens (including phenoxy) is 1. The molecule has 3 rings (SSSR count). The van der Waals surface area contributed by atoms with Gasteiger partial charge in [-0.3, -0.25) is 9.78 Å². The second-order valence-corrected chi connectivity index (χ2v) is 6.76. The van der Waals surface area contributed by atoms with Crippen molar-refractivity contribution in [1.29, 1.82) is 0 Å². The number of hydrogen-bond acceptors (Lipinski definition) is 4. The second kappa shape index (κ2) is 9.15. The summed E-state index contributed by atoms with van der Waals surface area (Å²) in [6, 6.07) is 19.3. The molecule has 5 heteroatoms. The number of aliphatic hydroxyl groups excluding tert-OH is 1. The molecule has 0 saturated carbocycles. The lowest BCUT2D eigenvalue weighted by Gasteiger charge is -2.21. The summed E-state index contributed by atoms with van der Waals surface area (Å²) < 4.78 is 6.12. The fourth-order valence-electron chi connectivity index (χ4n) is 3.00. The third-order valence-corrected chi connectivity index (χ3v) is 4.26. The predicted octanol–water partition coefficient (Wildman–Crippen LogP) is 4.60. The Morgan fingerprint density at radius 1 is 1.11 bits per heavy atom. The van der Waals surface area contributed by atoms with E-state index >= 15 is 0 Å². The number of carbonyl (C=O) groups excluding carboxylic acids is 1. The van der Waals surface area contributed by atoms with E-state index in [1.165, 1.54) is 6.92 Å². The van der Waals surface area contributed by atoms with E-state index in [4.69, 9.17) is 4.74 Å². The van der Waals surface area contributed by atoms with Crippen LogP contribution in [0.3, 0.4) is 0 Å². The molecule has 3 aromatic rings. The van der Waals surface area contributed by atoms with Crippen LogP contribution in [0.25, 0.3) is 11.1 Å². The van der Waals surface area contributed by atoms with Gasteiger partial charge in [-0.25, -0.2) is 0 Å². The summed E-state index contributed by atoms with van der Waals surface area (Å²) in [7, 11) is 0. The highest BCUT2D eigenvalue weighted by molar-refractivity contribution is 5.89. The van der Waals surface area contributed by atoms with Gasteiger partial charge in [-0.2, -0.15) is 0 Å². The van der Waals surface area contributed by atoms with Crippen molar-refractivity contribution in [1.82, 2.24) is 4.98 Å². The van der Waals surface area contributed by atoms with Gasteiger partial charge in [0, 0.05) is 37.0 Å². The molecule has 0 aliphatic rings. The summed E-state index contributed by atoms with van der Waals surface area (Å²) in [6.45, 7) is 3.24. The van der Waals surface area contributed by atoms with Crippen molar-refractivity contribution in [3.05, 3.63) is 78.6 Å². The van der Waals surface area contributed by atoms with Crippen molar-refractivity contribution >= 4 is 11.6 Å². The molecular formula is C23H24N2O3. The van der Waals surface area contributed by atoms with E-state index in [2.05, 4.69) is 10.3 Å². The van der Waals surface area contributed by atoms with Crippen LogP contribution in [0.1, 0.15) is 31.9 Å². The molecule has 2 atom stereocenters. The van der Waals surface area contributed by atoms with Crippen LogP contribution in [0.5, 0.6) is 5.75 Å². The summed E-state index contributed by atoms with van der Waals surface area (Å²) >= 11 is 0. The highest BCUT2D eigenvalue weighted by atomic mass is 16.5. The Morgan fingerprint density at radius 3 is 2.54 bits per heavy atom. The number of pyridine rings is 1. The first-order valence-electron chi connectivity index (χ1n) is 9.24. The summed E-state index contributed by atoms with van der Waals surface area (Å²) in [6.07, 6.45) is 3.19. The van der Waals surface area contributed by atoms with Gasteiger partial charge in [-0.1, -0.05) is 30.3 Å². The molecule has 28 heavy (non-hydrogen) atoms. The van der Waals surface area contributed by atoms with Crippen molar-refractivity contribution in [3.8, 4) is 16.9 Å². The van der Waals surface area contributed by atoms with Crippen molar-refractivity contribution in [2.45, 2.75) is 32.5 Å².